The molecule has 0 amide bonds. The Kier molecular flexibility index (Phi) is 4.49. The third kappa shape index (κ3) is 3.62. The fourth-order valence-corrected chi connectivity index (χ4v) is 2.68. The maximum atomic E-state index is 12.1. The van der Waals surface area contributed by atoms with Gasteiger partial charge in [-0.2, -0.15) is 4.98 Å². The van der Waals surface area contributed by atoms with E-state index in [1.165, 1.54) is 0 Å². The predicted molar refractivity (Wildman–Crippen MR) is 101 cm³/mol. The van der Waals surface area contributed by atoms with Crippen molar-refractivity contribution in [1.82, 2.24) is 10.1 Å². The monoisotopic (exact) mass is 356 g/mol. The van der Waals surface area contributed by atoms with E-state index in [2.05, 4.69) is 10.1 Å². The molecule has 0 aliphatic heterocycles. The van der Waals surface area contributed by atoms with Crippen molar-refractivity contribution in [2.45, 2.75) is 6.92 Å². The van der Waals surface area contributed by atoms with Crippen molar-refractivity contribution in [3.8, 4) is 28.6 Å². The molecule has 0 bridgehead atoms. The summed E-state index contributed by atoms with van der Waals surface area (Å²) in [6.45, 7) is 2.00. The summed E-state index contributed by atoms with van der Waals surface area (Å²) in [7, 11) is 0. The Hall–Kier alpha value is -3.73. The molecule has 0 spiro atoms. The van der Waals surface area contributed by atoms with E-state index < -0.39 is 5.97 Å². The first-order chi connectivity index (χ1) is 13.2. The molecular weight excluding hydrogens is 340 g/mol. The van der Waals surface area contributed by atoms with Gasteiger partial charge in [-0.1, -0.05) is 47.6 Å². The maximum Gasteiger partial charge on any atom is 0.343 e. The maximum absolute atomic E-state index is 12.1. The number of carbonyl (C=O) groups excluding carboxylic acids is 1. The molecule has 0 unspecified atom stereocenters. The van der Waals surface area contributed by atoms with E-state index in [0.717, 1.165) is 16.7 Å². The molecule has 4 aromatic rings. The van der Waals surface area contributed by atoms with Gasteiger partial charge in [0.15, 0.2) is 0 Å². The van der Waals surface area contributed by atoms with Gasteiger partial charge in [0, 0.05) is 11.1 Å². The average Bonchev–Trinajstić information content (AvgIpc) is 3.19. The molecule has 3 aromatic carbocycles. The van der Waals surface area contributed by atoms with Crippen LogP contribution < -0.4 is 4.74 Å². The van der Waals surface area contributed by atoms with E-state index in [4.69, 9.17) is 9.26 Å². The van der Waals surface area contributed by atoms with Crippen molar-refractivity contribution >= 4 is 5.97 Å². The highest BCUT2D eigenvalue weighted by atomic mass is 16.5. The highest BCUT2D eigenvalue weighted by molar-refractivity contribution is 5.91. The number of hydrogen-bond donors (Lipinski definition) is 0. The van der Waals surface area contributed by atoms with Gasteiger partial charge < -0.3 is 9.26 Å². The Morgan fingerprint density at radius 2 is 1.59 bits per heavy atom. The molecule has 4 rings (SSSR count). The summed E-state index contributed by atoms with van der Waals surface area (Å²) < 4.78 is 10.8. The van der Waals surface area contributed by atoms with Crippen molar-refractivity contribution in [3.63, 3.8) is 0 Å². The number of aromatic nitrogens is 2. The number of nitrogens with zero attached hydrogens (tertiary/aromatic N) is 2. The minimum absolute atomic E-state index is 0.400. The van der Waals surface area contributed by atoms with E-state index in [1.54, 1.807) is 48.5 Å². The molecule has 0 fully saturated rings. The van der Waals surface area contributed by atoms with Crippen LogP contribution in [0.4, 0.5) is 0 Å². The number of ether oxygens (including phenoxy) is 1. The van der Waals surface area contributed by atoms with Crippen LogP contribution in [0.25, 0.3) is 22.8 Å². The molecule has 132 valence electrons. The Labute approximate surface area is 156 Å². The summed E-state index contributed by atoms with van der Waals surface area (Å²) in [5.74, 6) is 1.01. The lowest BCUT2D eigenvalue weighted by atomic mass is 10.1. The molecule has 5 nitrogen and oxygen atoms in total. The van der Waals surface area contributed by atoms with E-state index >= 15 is 0 Å². The third-order valence-corrected chi connectivity index (χ3v) is 4.13. The summed E-state index contributed by atoms with van der Waals surface area (Å²) in [6.07, 6.45) is 0. The van der Waals surface area contributed by atoms with E-state index in [-0.39, 0.29) is 0 Å². The number of rotatable bonds is 4. The highest BCUT2D eigenvalue weighted by Crippen LogP contribution is 2.26. The predicted octanol–water partition coefficient (Wildman–Crippen LogP) is 4.93. The highest BCUT2D eigenvalue weighted by Gasteiger charge is 2.13. The first-order valence-electron chi connectivity index (χ1n) is 8.48. The lowest BCUT2D eigenvalue weighted by Gasteiger charge is -2.04. The number of hydrogen-bond acceptors (Lipinski definition) is 5. The van der Waals surface area contributed by atoms with Gasteiger partial charge in [0.25, 0.3) is 5.89 Å². The molecule has 0 radical (unpaired) electrons. The zero-order chi connectivity index (χ0) is 18.6. The molecule has 0 atom stereocenters. The first kappa shape index (κ1) is 16.7. The van der Waals surface area contributed by atoms with Gasteiger partial charge in [-0.3, -0.25) is 0 Å². The van der Waals surface area contributed by atoms with Crippen molar-refractivity contribution in [3.05, 3.63) is 90.0 Å². The van der Waals surface area contributed by atoms with E-state index in [0.29, 0.717) is 23.0 Å². The van der Waals surface area contributed by atoms with E-state index in [9.17, 15) is 4.79 Å². The van der Waals surface area contributed by atoms with Gasteiger partial charge in [-0.25, -0.2) is 4.79 Å². The standard InChI is InChI=1S/C22H16N2O3/c1-15-7-5-6-10-19(15)20-23-21(27-24-20)16-11-13-18(14-12-16)26-22(25)17-8-3-2-4-9-17/h2-14H,1H3. The molecular formula is C22H16N2O3. The molecule has 0 saturated carbocycles. The topological polar surface area (TPSA) is 65.2 Å². The van der Waals surface area contributed by atoms with Crippen LogP contribution in [0, 0.1) is 6.92 Å². The van der Waals surface area contributed by atoms with Gasteiger partial charge in [-0.05, 0) is 48.9 Å². The number of carbonyl (C=O) groups is 1. The van der Waals surface area contributed by atoms with Gasteiger partial charge >= 0.3 is 5.97 Å². The van der Waals surface area contributed by atoms with Gasteiger partial charge in [0.1, 0.15) is 5.75 Å². The van der Waals surface area contributed by atoms with Crippen molar-refractivity contribution in [2.75, 3.05) is 0 Å². The molecule has 1 heterocycles. The second kappa shape index (κ2) is 7.25. The number of benzene rings is 3. The average molecular weight is 356 g/mol. The normalized spacial score (nSPS) is 10.6. The smallest absolute Gasteiger partial charge is 0.343 e. The van der Waals surface area contributed by atoms with E-state index in [1.807, 2.05) is 37.3 Å². The molecule has 0 saturated heterocycles. The third-order valence-electron chi connectivity index (χ3n) is 4.13. The van der Waals surface area contributed by atoms with Crippen LogP contribution in [0.3, 0.4) is 0 Å². The van der Waals surface area contributed by atoms with Crippen molar-refractivity contribution in [2.24, 2.45) is 0 Å². The van der Waals surface area contributed by atoms with Crippen LogP contribution in [0.1, 0.15) is 15.9 Å². The second-order valence-corrected chi connectivity index (χ2v) is 6.02. The Bertz CT molecular complexity index is 1070. The lowest BCUT2D eigenvalue weighted by Crippen LogP contribution is -2.07. The fourth-order valence-electron chi connectivity index (χ4n) is 2.68. The Balaban J connectivity index is 1.51. The number of esters is 1. The Morgan fingerprint density at radius 1 is 0.889 bits per heavy atom. The van der Waals surface area contributed by atoms with Gasteiger partial charge in [0.2, 0.25) is 5.82 Å². The molecule has 0 N–H and O–H groups in total. The zero-order valence-corrected chi connectivity index (χ0v) is 14.6. The quantitative estimate of drug-likeness (QED) is 0.383. The van der Waals surface area contributed by atoms with Crippen molar-refractivity contribution < 1.29 is 14.1 Å². The van der Waals surface area contributed by atoms with Crippen LogP contribution in [0.2, 0.25) is 0 Å². The summed E-state index contributed by atoms with van der Waals surface area (Å²) >= 11 is 0. The first-order valence-corrected chi connectivity index (χ1v) is 8.48. The van der Waals surface area contributed by atoms with Crippen LogP contribution in [-0.4, -0.2) is 16.1 Å². The molecule has 27 heavy (non-hydrogen) atoms. The van der Waals surface area contributed by atoms with Crippen molar-refractivity contribution in [1.29, 1.82) is 0 Å². The molecule has 0 aliphatic rings. The summed E-state index contributed by atoms with van der Waals surface area (Å²) in [4.78, 5) is 16.6. The van der Waals surface area contributed by atoms with Crippen LogP contribution >= 0.6 is 0 Å². The number of aryl methyl sites for hydroxylation is 1. The fraction of sp³-hybridized carbons (Fsp3) is 0.0455. The SMILES string of the molecule is Cc1ccccc1-c1noc(-c2ccc(OC(=O)c3ccccc3)cc2)n1. The molecule has 1 aromatic heterocycles. The van der Waals surface area contributed by atoms with Gasteiger partial charge in [-0.15, -0.1) is 0 Å². The minimum atomic E-state index is -0.400. The van der Waals surface area contributed by atoms with Crippen LogP contribution in [0.15, 0.2) is 83.4 Å². The molecule has 5 heteroatoms. The summed E-state index contributed by atoms with van der Waals surface area (Å²) in [6, 6.07) is 23.7. The largest absolute Gasteiger partial charge is 0.423 e. The van der Waals surface area contributed by atoms with Crippen LogP contribution in [-0.2, 0) is 0 Å². The zero-order valence-electron chi connectivity index (χ0n) is 14.6. The second-order valence-electron chi connectivity index (χ2n) is 6.02. The minimum Gasteiger partial charge on any atom is -0.423 e. The van der Waals surface area contributed by atoms with Gasteiger partial charge in [0.05, 0.1) is 5.56 Å². The lowest BCUT2D eigenvalue weighted by molar-refractivity contribution is 0.0735. The molecule has 0 aliphatic carbocycles. The summed E-state index contributed by atoms with van der Waals surface area (Å²) in [5, 5.41) is 4.06. The summed E-state index contributed by atoms with van der Waals surface area (Å²) in [5.41, 5.74) is 3.26. The van der Waals surface area contributed by atoms with Crippen LogP contribution in [0.5, 0.6) is 5.75 Å². The Morgan fingerprint density at radius 3 is 2.33 bits per heavy atom.